The molecular weight excluding hydrogens is 273 g/mol. The third-order valence-electron chi connectivity index (χ3n) is 3.57. The number of thiocarbonyl (C=S) groups is 1. The summed E-state index contributed by atoms with van der Waals surface area (Å²) in [5.41, 5.74) is 1.04. The minimum absolute atomic E-state index is 0.207. The van der Waals surface area contributed by atoms with E-state index in [1.165, 1.54) is 25.0 Å². The topological polar surface area (TPSA) is 18.5 Å². The van der Waals surface area contributed by atoms with Gasteiger partial charge in [0, 0.05) is 25.7 Å². The molecule has 0 aromatic heterocycles. The van der Waals surface area contributed by atoms with Gasteiger partial charge in [0.05, 0.1) is 0 Å². The van der Waals surface area contributed by atoms with Crippen LogP contribution in [0.1, 0.15) is 18.4 Å². The average molecular weight is 295 g/mol. The van der Waals surface area contributed by atoms with Gasteiger partial charge in [-0.2, -0.15) is 0 Å². The average Bonchev–Trinajstić information content (AvgIpc) is 2.85. The van der Waals surface area contributed by atoms with Gasteiger partial charge in [-0.1, -0.05) is 12.1 Å². The van der Waals surface area contributed by atoms with E-state index in [0.717, 1.165) is 23.8 Å². The maximum Gasteiger partial charge on any atom is 0.169 e. The van der Waals surface area contributed by atoms with Gasteiger partial charge in [-0.3, -0.25) is 0 Å². The third-order valence-corrected chi connectivity index (χ3v) is 3.95. The van der Waals surface area contributed by atoms with E-state index >= 15 is 0 Å². The smallest absolute Gasteiger partial charge is 0.169 e. The standard InChI is InChI=1S/C15H22FN3S/c1-18(2)11-14-4-3-9-19(14)15(20)17-10-12-5-7-13(16)8-6-12/h5-8,14H,3-4,9-11H2,1-2H3,(H,17,20). The summed E-state index contributed by atoms with van der Waals surface area (Å²) in [6, 6.07) is 7.02. The second-order valence-corrected chi connectivity index (χ2v) is 5.92. The fourth-order valence-corrected chi connectivity index (χ4v) is 2.91. The quantitative estimate of drug-likeness (QED) is 0.858. The lowest BCUT2D eigenvalue weighted by Crippen LogP contribution is -2.45. The van der Waals surface area contributed by atoms with Crippen LogP contribution in [0.5, 0.6) is 0 Å². The summed E-state index contributed by atoms with van der Waals surface area (Å²) >= 11 is 5.49. The molecule has 1 unspecified atom stereocenters. The van der Waals surface area contributed by atoms with E-state index in [1.807, 2.05) is 0 Å². The molecule has 0 aliphatic carbocycles. The van der Waals surface area contributed by atoms with Gasteiger partial charge in [-0.25, -0.2) is 4.39 Å². The van der Waals surface area contributed by atoms with Crippen molar-refractivity contribution >= 4 is 17.3 Å². The van der Waals surface area contributed by atoms with Crippen molar-refractivity contribution in [3.05, 3.63) is 35.6 Å². The molecule has 1 atom stereocenters. The number of likely N-dealkylation sites (tertiary alicyclic amines) is 1. The highest BCUT2D eigenvalue weighted by Gasteiger charge is 2.26. The lowest BCUT2D eigenvalue weighted by atomic mass is 10.2. The van der Waals surface area contributed by atoms with Gasteiger partial charge in [-0.15, -0.1) is 0 Å². The van der Waals surface area contributed by atoms with Gasteiger partial charge >= 0.3 is 0 Å². The molecule has 1 aliphatic rings. The molecule has 0 radical (unpaired) electrons. The number of rotatable bonds is 4. The van der Waals surface area contributed by atoms with Crippen LogP contribution in [-0.4, -0.2) is 48.1 Å². The Morgan fingerprint density at radius 1 is 1.40 bits per heavy atom. The first-order valence-electron chi connectivity index (χ1n) is 7.00. The number of halogens is 1. The van der Waals surface area contributed by atoms with Crippen LogP contribution in [0.25, 0.3) is 0 Å². The largest absolute Gasteiger partial charge is 0.358 e. The van der Waals surface area contributed by atoms with Gasteiger partial charge in [0.1, 0.15) is 5.82 Å². The second kappa shape index (κ2) is 6.99. The maximum atomic E-state index is 12.8. The monoisotopic (exact) mass is 295 g/mol. The number of benzene rings is 1. The van der Waals surface area contributed by atoms with Crippen LogP contribution >= 0.6 is 12.2 Å². The second-order valence-electron chi connectivity index (χ2n) is 5.54. The number of likely N-dealkylation sites (N-methyl/N-ethyl adjacent to an activating group) is 1. The zero-order valence-corrected chi connectivity index (χ0v) is 12.9. The molecular formula is C15H22FN3S. The minimum atomic E-state index is -0.207. The Morgan fingerprint density at radius 3 is 2.75 bits per heavy atom. The Morgan fingerprint density at radius 2 is 2.10 bits per heavy atom. The van der Waals surface area contributed by atoms with Crippen LogP contribution < -0.4 is 5.32 Å². The molecule has 1 aromatic carbocycles. The predicted molar refractivity (Wildman–Crippen MR) is 84.1 cm³/mol. The summed E-state index contributed by atoms with van der Waals surface area (Å²) in [4.78, 5) is 4.48. The van der Waals surface area contributed by atoms with Gasteiger partial charge in [0.2, 0.25) is 0 Å². The lowest BCUT2D eigenvalue weighted by Gasteiger charge is -2.29. The van der Waals surface area contributed by atoms with Gasteiger partial charge < -0.3 is 15.1 Å². The summed E-state index contributed by atoms with van der Waals surface area (Å²) in [7, 11) is 4.18. The van der Waals surface area contributed by atoms with Crippen molar-refractivity contribution in [2.45, 2.75) is 25.4 Å². The molecule has 1 aromatic rings. The molecule has 0 spiro atoms. The Labute approximate surface area is 125 Å². The Bertz CT molecular complexity index is 447. The number of nitrogens with zero attached hydrogens (tertiary/aromatic N) is 2. The summed E-state index contributed by atoms with van der Waals surface area (Å²) in [6.45, 7) is 2.69. The van der Waals surface area contributed by atoms with E-state index < -0.39 is 0 Å². The Hall–Kier alpha value is -1.20. The van der Waals surface area contributed by atoms with Gasteiger partial charge in [-0.05, 0) is 56.9 Å². The fourth-order valence-electron chi connectivity index (χ4n) is 2.60. The molecule has 2 rings (SSSR count). The molecule has 110 valence electrons. The molecule has 3 nitrogen and oxygen atoms in total. The zero-order valence-electron chi connectivity index (χ0n) is 12.1. The molecule has 5 heteroatoms. The van der Waals surface area contributed by atoms with Gasteiger partial charge in [0.15, 0.2) is 5.11 Å². The van der Waals surface area contributed by atoms with Crippen LogP contribution in [0.15, 0.2) is 24.3 Å². The number of hydrogen-bond donors (Lipinski definition) is 1. The third kappa shape index (κ3) is 4.15. The SMILES string of the molecule is CN(C)CC1CCCN1C(=S)NCc1ccc(F)cc1. The first-order chi connectivity index (χ1) is 9.56. The molecule has 0 amide bonds. The van der Waals surface area contributed by atoms with Crippen molar-refractivity contribution in [1.29, 1.82) is 0 Å². The van der Waals surface area contributed by atoms with E-state index in [9.17, 15) is 4.39 Å². The summed E-state index contributed by atoms with van der Waals surface area (Å²) in [5.74, 6) is -0.207. The molecule has 1 saturated heterocycles. The first-order valence-corrected chi connectivity index (χ1v) is 7.41. The van der Waals surface area contributed by atoms with Crippen molar-refractivity contribution in [3.63, 3.8) is 0 Å². The number of hydrogen-bond acceptors (Lipinski definition) is 2. The van der Waals surface area contributed by atoms with Crippen molar-refractivity contribution in [2.75, 3.05) is 27.2 Å². The zero-order chi connectivity index (χ0) is 14.5. The molecule has 0 bridgehead atoms. The van der Waals surface area contributed by atoms with Crippen LogP contribution in [0.4, 0.5) is 4.39 Å². The number of nitrogens with one attached hydrogen (secondary N) is 1. The highest BCUT2D eigenvalue weighted by Crippen LogP contribution is 2.18. The molecule has 0 saturated carbocycles. The van der Waals surface area contributed by atoms with Crippen molar-refractivity contribution < 1.29 is 4.39 Å². The lowest BCUT2D eigenvalue weighted by molar-refractivity contribution is 0.283. The van der Waals surface area contributed by atoms with Crippen LogP contribution in [0.3, 0.4) is 0 Å². The highest BCUT2D eigenvalue weighted by molar-refractivity contribution is 7.80. The van der Waals surface area contributed by atoms with Crippen molar-refractivity contribution in [1.82, 2.24) is 15.1 Å². The van der Waals surface area contributed by atoms with Gasteiger partial charge in [0.25, 0.3) is 0 Å². The molecule has 1 N–H and O–H groups in total. The van der Waals surface area contributed by atoms with Crippen LogP contribution in [-0.2, 0) is 6.54 Å². The first kappa shape index (κ1) is 15.2. The Balaban J connectivity index is 1.86. The van der Waals surface area contributed by atoms with E-state index in [-0.39, 0.29) is 5.82 Å². The van der Waals surface area contributed by atoms with Crippen LogP contribution in [0.2, 0.25) is 0 Å². The maximum absolute atomic E-state index is 12.8. The normalized spacial score (nSPS) is 18.6. The predicted octanol–water partition coefficient (Wildman–Crippen LogP) is 2.23. The molecule has 1 fully saturated rings. The van der Waals surface area contributed by atoms with E-state index in [0.29, 0.717) is 12.6 Å². The Kier molecular flexibility index (Phi) is 5.31. The summed E-state index contributed by atoms with van der Waals surface area (Å²) < 4.78 is 12.8. The van der Waals surface area contributed by atoms with E-state index in [1.54, 1.807) is 12.1 Å². The van der Waals surface area contributed by atoms with E-state index in [2.05, 4.69) is 29.2 Å². The molecule has 1 heterocycles. The van der Waals surface area contributed by atoms with Crippen LogP contribution in [0, 0.1) is 5.82 Å². The van der Waals surface area contributed by atoms with Crippen molar-refractivity contribution in [2.24, 2.45) is 0 Å². The van der Waals surface area contributed by atoms with Crippen molar-refractivity contribution in [3.8, 4) is 0 Å². The highest BCUT2D eigenvalue weighted by atomic mass is 32.1. The summed E-state index contributed by atoms with van der Waals surface area (Å²) in [5, 5.41) is 4.08. The fraction of sp³-hybridized carbons (Fsp3) is 0.533. The molecule has 20 heavy (non-hydrogen) atoms. The summed E-state index contributed by atoms with van der Waals surface area (Å²) in [6.07, 6.45) is 2.38. The molecule has 1 aliphatic heterocycles. The minimum Gasteiger partial charge on any atom is -0.358 e. The van der Waals surface area contributed by atoms with E-state index in [4.69, 9.17) is 12.2 Å².